The van der Waals surface area contributed by atoms with Crippen molar-refractivity contribution in [3.05, 3.63) is 11.6 Å². The summed E-state index contributed by atoms with van der Waals surface area (Å²) in [7, 11) is 0. The summed E-state index contributed by atoms with van der Waals surface area (Å²) in [5.41, 5.74) is -0.296. The highest BCUT2D eigenvalue weighted by Gasteiger charge is 2.37. The van der Waals surface area contributed by atoms with Crippen molar-refractivity contribution in [2.24, 2.45) is 5.41 Å². The van der Waals surface area contributed by atoms with E-state index in [1.165, 1.54) is 19.3 Å². The van der Waals surface area contributed by atoms with Gasteiger partial charge in [-0.05, 0) is 39.7 Å². The lowest BCUT2D eigenvalue weighted by Crippen LogP contribution is -2.42. The van der Waals surface area contributed by atoms with Crippen LogP contribution >= 0.6 is 0 Å². The molecule has 1 amide bonds. The van der Waals surface area contributed by atoms with Crippen molar-refractivity contribution < 1.29 is 4.79 Å². The number of carbonyl (C=O) groups is 1. The summed E-state index contributed by atoms with van der Waals surface area (Å²) in [5.74, 6) is 2.08. The van der Waals surface area contributed by atoms with Crippen LogP contribution in [0.3, 0.4) is 0 Å². The Balaban J connectivity index is 1.72. The van der Waals surface area contributed by atoms with Crippen LogP contribution in [0.15, 0.2) is 0 Å². The lowest BCUT2D eigenvalue weighted by atomic mass is 9.88. The van der Waals surface area contributed by atoms with Crippen molar-refractivity contribution in [2.75, 3.05) is 13.1 Å². The fraction of sp³-hybridized carbons (Fsp3) is 0.800. The van der Waals surface area contributed by atoms with Gasteiger partial charge in [0, 0.05) is 19.5 Å². The van der Waals surface area contributed by atoms with E-state index in [1.807, 2.05) is 13.8 Å². The number of hydrogen-bond donors (Lipinski definition) is 2. The van der Waals surface area contributed by atoms with Gasteiger partial charge in [0.2, 0.25) is 5.91 Å². The van der Waals surface area contributed by atoms with Gasteiger partial charge in [0.25, 0.3) is 0 Å². The van der Waals surface area contributed by atoms with Gasteiger partial charge in [-0.25, -0.2) is 0 Å². The average Bonchev–Trinajstić information content (AvgIpc) is 3.01. The summed E-state index contributed by atoms with van der Waals surface area (Å²) in [4.78, 5) is 12.5. The maximum atomic E-state index is 12.5. The molecule has 3 heterocycles. The molecule has 0 bridgehead atoms. The Morgan fingerprint density at radius 2 is 2.24 bits per heavy atom. The van der Waals surface area contributed by atoms with Crippen LogP contribution in [-0.2, 0) is 17.8 Å². The minimum absolute atomic E-state index is 0.0886. The first kappa shape index (κ1) is 14.5. The lowest BCUT2D eigenvalue weighted by Gasteiger charge is -2.24. The molecule has 2 aliphatic heterocycles. The summed E-state index contributed by atoms with van der Waals surface area (Å²) in [6.45, 7) is 6.67. The molecule has 0 saturated carbocycles. The molecule has 116 valence electrons. The zero-order chi connectivity index (χ0) is 14.9. The zero-order valence-electron chi connectivity index (χ0n) is 13.0. The molecule has 1 aromatic rings. The highest BCUT2D eigenvalue weighted by atomic mass is 16.2. The molecule has 0 spiro atoms. The molecule has 2 aliphatic rings. The normalized spacial score (nSPS) is 27.0. The van der Waals surface area contributed by atoms with Gasteiger partial charge in [0.05, 0.1) is 11.5 Å². The number of fused-ring (bicyclic) bond motifs is 1. The van der Waals surface area contributed by atoms with E-state index in [0.29, 0.717) is 0 Å². The molecule has 0 radical (unpaired) electrons. The Labute approximate surface area is 125 Å². The Morgan fingerprint density at radius 1 is 1.38 bits per heavy atom. The molecule has 0 aromatic carbocycles. The fourth-order valence-electron chi connectivity index (χ4n) is 3.27. The number of nitrogens with zero attached hydrogens (tertiary/aromatic N) is 3. The second-order valence-electron chi connectivity index (χ2n) is 6.62. The summed E-state index contributed by atoms with van der Waals surface area (Å²) < 4.78 is 2.20. The number of amides is 1. The molecule has 3 rings (SSSR count). The smallest absolute Gasteiger partial charge is 0.227 e. The largest absolute Gasteiger partial charge is 0.346 e. The number of rotatable bonds is 3. The number of nitrogens with one attached hydrogen (secondary N) is 2. The molecule has 2 atom stereocenters. The monoisotopic (exact) mass is 291 g/mol. The molecule has 6 nitrogen and oxygen atoms in total. The van der Waals surface area contributed by atoms with Crippen LogP contribution in [0.5, 0.6) is 0 Å². The van der Waals surface area contributed by atoms with E-state index >= 15 is 0 Å². The van der Waals surface area contributed by atoms with Gasteiger partial charge in [-0.2, -0.15) is 0 Å². The summed E-state index contributed by atoms with van der Waals surface area (Å²) in [6, 6.07) is -0.0886. The molecule has 2 unspecified atom stereocenters. The highest BCUT2D eigenvalue weighted by Crippen LogP contribution is 2.26. The van der Waals surface area contributed by atoms with Crippen LogP contribution in [0.4, 0.5) is 0 Å². The van der Waals surface area contributed by atoms with Gasteiger partial charge in [0.15, 0.2) is 5.82 Å². The Bertz CT molecular complexity index is 518. The van der Waals surface area contributed by atoms with Crippen molar-refractivity contribution in [1.29, 1.82) is 0 Å². The topological polar surface area (TPSA) is 71.8 Å². The van der Waals surface area contributed by atoms with Crippen molar-refractivity contribution in [1.82, 2.24) is 25.4 Å². The van der Waals surface area contributed by atoms with Crippen molar-refractivity contribution in [3.63, 3.8) is 0 Å². The van der Waals surface area contributed by atoms with Crippen LogP contribution in [0, 0.1) is 5.41 Å². The van der Waals surface area contributed by atoms with Gasteiger partial charge in [0.1, 0.15) is 5.82 Å². The Hall–Kier alpha value is -1.43. The average molecular weight is 291 g/mol. The number of carbonyl (C=O) groups excluding carboxylic acids is 1. The predicted molar refractivity (Wildman–Crippen MR) is 79.7 cm³/mol. The first-order valence-electron chi connectivity index (χ1n) is 8.04. The molecular formula is C15H25N5O. The summed E-state index contributed by atoms with van der Waals surface area (Å²) in [6.07, 6.45) is 5.48. The van der Waals surface area contributed by atoms with Gasteiger partial charge in [-0.15, -0.1) is 10.2 Å². The molecule has 1 fully saturated rings. The predicted octanol–water partition coefficient (Wildman–Crippen LogP) is 1.18. The third kappa shape index (κ3) is 2.81. The third-order valence-corrected chi connectivity index (χ3v) is 4.79. The van der Waals surface area contributed by atoms with Gasteiger partial charge in [-0.3, -0.25) is 4.79 Å². The molecule has 1 aromatic heterocycles. The Kier molecular flexibility index (Phi) is 3.97. The van der Waals surface area contributed by atoms with Gasteiger partial charge >= 0.3 is 0 Å². The second kappa shape index (κ2) is 5.75. The van der Waals surface area contributed by atoms with E-state index < -0.39 is 0 Å². The highest BCUT2D eigenvalue weighted by molar-refractivity contribution is 5.83. The van der Waals surface area contributed by atoms with Crippen LogP contribution in [0.2, 0.25) is 0 Å². The summed E-state index contributed by atoms with van der Waals surface area (Å²) in [5, 5.41) is 15.0. The molecule has 1 saturated heterocycles. The van der Waals surface area contributed by atoms with E-state index in [4.69, 9.17) is 0 Å². The standard InChI is InChI=1S/C15H25N5O/c1-11(17-14(21)15(2)7-8-16-10-15)13-19-18-12-6-4-3-5-9-20(12)13/h11,16H,3-10H2,1-2H3,(H,17,21). The van der Waals surface area contributed by atoms with Crippen LogP contribution in [0.1, 0.15) is 57.2 Å². The Morgan fingerprint density at radius 3 is 3.00 bits per heavy atom. The van der Waals surface area contributed by atoms with E-state index in [1.54, 1.807) is 0 Å². The van der Waals surface area contributed by atoms with Crippen molar-refractivity contribution in [2.45, 2.75) is 58.5 Å². The number of aryl methyl sites for hydroxylation is 1. The third-order valence-electron chi connectivity index (χ3n) is 4.79. The zero-order valence-corrected chi connectivity index (χ0v) is 13.0. The van der Waals surface area contributed by atoms with Crippen molar-refractivity contribution >= 4 is 5.91 Å². The first-order chi connectivity index (χ1) is 10.1. The second-order valence-corrected chi connectivity index (χ2v) is 6.62. The van der Waals surface area contributed by atoms with Crippen LogP contribution < -0.4 is 10.6 Å². The minimum atomic E-state index is -0.296. The fourth-order valence-corrected chi connectivity index (χ4v) is 3.27. The number of aromatic nitrogens is 3. The van der Waals surface area contributed by atoms with Crippen LogP contribution in [-0.4, -0.2) is 33.8 Å². The van der Waals surface area contributed by atoms with Crippen LogP contribution in [0.25, 0.3) is 0 Å². The van der Waals surface area contributed by atoms with Crippen molar-refractivity contribution in [3.8, 4) is 0 Å². The molecule has 21 heavy (non-hydrogen) atoms. The van der Waals surface area contributed by atoms with E-state index in [-0.39, 0.29) is 17.4 Å². The quantitative estimate of drug-likeness (QED) is 0.877. The van der Waals surface area contributed by atoms with E-state index in [0.717, 1.165) is 44.1 Å². The molecule has 6 heteroatoms. The summed E-state index contributed by atoms with van der Waals surface area (Å²) >= 11 is 0. The van der Waals surface area contributed by atoms with E-state index in [2.05, 4.69) is 25.4 Å². The van der Waals surface area contributed by atoms with Gasteiger partial charge in [-0.1, -0.05) is 6.42 Å². The SMILES string of the molecule is CC(NC(=O)C1(C)CCNC1)c1nnc2n1CCCCC2. The van der Waals surface area contributed by atoms with Gasteiger partial charge < -0.3 is 15.2 Å². The molecule has 2 N–H and O–H groups in total. The first-order valence-corrected chi connectivity index (χ1v) is 8.04. The lowest BCUT2D eigenvalue weighted by molar-refractivity contribution is -0.130. The minimum Gasteiger partial charge on any atom is -0.346 e. The number of hydrogen-bond acceptors (Lipinski definition) is 4. The maximum absolute atomic E-state index is 12.5. The molecule has 0 aliphatic carbocycles. The maximum Gasteiger partial charge on any atom is 0.227 e. The van der Waals surface area contributed by atoms with E-state index in [9.17, 15) is 4.79 Å². The molecular weight excluding hydrogens is 266 g/mol.